The zero-order valence-corrected chi connectivity index (χ0v) is 16.6. The van der Waals surface area contributed by atoms with E-state index < -0.39 is 0 Å². The van der Waals surface area contributed by atoms with Crippen molar-refractivity contribution in [3.63, 3.8) is 0 Å². The van der Waals surface area contributed by atoms with Crippen molar-refractivity contribution in [1.82, 2.24) is 9.97 Å². The predicted molar refractivity (Wildman–Crippen MR) is 109 cm³/mol. The number of nitrogens with one attached hydrogen (secondary N) is 2. The minimum Gasteiger partial charge on any atom is -0.490 e. The van der Waals surface area contributed by atoms with Crippen molar-refractivity contribution in [1.29, 1.82) is 0 Å². The molecule has 8 heteroatoms. The number of hydrogen-bond acceptors (Lipinski definition) is 5. The highest BCUT2D eigenvalue weighted by atomic mass is 35.5. The number of amides is 1. The smallest absolute Gasteiger partial charge is 0.234 e. The van der Waals surface area contributed by atoms with Crippen LogP contribution in [-0.2, 0) is 4.79 Å². The Balaban J connectivity index is 1.61. The maximum Gasteiger partial charge on any atom is 0.234 e. The van der Waals surface area contributed by atoms with Crippen molar-refractivity contribution in [2.45, 2.75) is 19.0 Å². The molecule has 0 unspecified atom stereocenters. The van der Waals surface area contributed by atoms with Crippen LogP contribution in [0.4, 0.5) is 5.69 Å². The van der Waals surface area contributed by atoms with E-state index in [1.807, 2.05) is 26.0 Å². The molecular formula is C19H20ClN3O3S. The third kappa shape index (κ3) is 5.08. The third-order valence-corrected chi connectivity index (χ3v) is 4.70. The molecule has 27 heavy (non-hydrogen) atoms. The summed E-state index contributed by atoms with van der Waals surface area (Å²) in [7, 11) is 0. The first kappa shape index (κ1) is 19.4. The molecule has 0 saturated carbocycles. The number of halogens is 1. The van der Waals surface area contributed by atoms with Gasteiger partial charge in [-0.3, -0.25) is 4.79 Å². The summed E-state index contributed by atoms with van der Waals surface area (Å²) in [6.07, 6.45) is 0. The molecule has 1 heterocycles. The maximum atomic E-state index is 12.3. The van der Waals surface area contributed by atoms with Crippen molar-refractivity contribution in [3.8, 4) is 11.5 Å². The lowest BCUT2D eigenvalue weighted by molar-refractivity contribution is -0.113. The normalized spacial score (nSPS) is 10.8. The highest BCUT2D eigenvalue weighted by Crippen LogP contribution is 2.31. The Hall–Kier alpha value is -2.38. The zero-order valence-electron chi connectivity index (χ0n) is 15.0. The van der Waals surface area contributed by atoms with Gasteiger partial charge in [0.15, 0.2) is 16.7 Å². The largest absolute Gasteiger partial charge is 0.490 e. The van der Waals surface area contributed by atoms with Gasteiger partial charge in [-0.25, -0.2) is 4.98 Å². The van der Waals surface area contributed by atoms with E-state index >= 15 is 0 Å². The molecule has 3 rings (SSSR count). The van der Waals surface area contributed by atoms with E-state index in [1.54, 1.807) is 24.3 Å². The maximum absolute atomic E-state index is 12.3. The molecule has 1 amide bonds. The monoisotopic (exact) mass is 405 g/mol. The summed E-state index contributed by atoms with van der Waals surface area (Å²) in [5, 5.41) is 4.18. The minimum atomic E-state index is -0.134. The minimum absolute atomic E-state index is 0.134. The molecule has 2 N–H and O–H groups in total. The van der Waals surface area contributed by atoms with Crippen LogP contribution in [0.2, 0.25) is 5.02 Å². The third-order valence-electron chi connectivity index (χ3n) is 3.59. The second kappa shape index (κ2) is 9.01. The first-order valence-electron chi connectivity index (χ1n) is 8.56. The lowest BCUT2D eigenvalue weighted by atomic mass is 10.2. The van der Waals surface area contributed by atoms with Crippen LogP contribution < -0.4 is 14.8 Å². The van der Waals surface area contributed by atoms with Gasteiger partial charge in [0.1, 0.15) is 0 Å². The van der Waals surface area contributed by atoms with Gasteiger partial charge in [0.25, 0.3) is 0 Å². The number of carbonyl (C=O) groups excluding carboxylic acids is 1. The van der Waals surface area contributed by atoms with Gasteiger partial charge >= 0.3 is 0 Å². The quantitative estimate of drug-likeness (QED) is 0.529. The number of carbonyl (C=O) groups is 1. The Morgan fingerprint density at radius 3 is 2.70 bits per heavy atom. The van der Waals surface area contributed by atoms with Gasteiger partial charge in [-0.1, -0.05) is 23.4 Å². The molecule has 0 aliphatic rings. The van der Waals surface area contributed by atoms with Crippen LogP contribution in [0.5, 0.6) is 11.5 Å². The van der Waals surface area contributed by atoms with E-state index in [0.29, 0.717) is 40.6 Å². The molecule has 0 aliphatic carbocycles. The predicted octanol–water partition coefficient (Wildman–Crippen LogP) is 4.74. The van der Waals surface area contributed by atoms with E-state index in [1.165, 1.54) is 11.8 Å². The lowest BCUT2D eigenvalue weighted by Crippen LogP contribution is -2.14. The molecule has 0 spiro atoms. The molecule has 142 valence electrons. The average molecular weight is 406 g/mol. The lowest BCUT2D eigenvalue weighted by Gasteiger charge is -2.12. The Morgan fingerprint density at radius 1 is 1.15 bits per heavy atom. The molecule has 0 radical (unpaired) electrons. The van der Waals surface area contributed by atoms with Gasteiger partial charge in [0.2, 0.25) is 5.91 Å². The molecule has 6 nitrogen and oxygen atoms in total. The SMILES string of the molecule is CCOc1ccc(NC(=O)CSc2nc3ccc(Cl)cc3[nH]2)cc1OCC. The van der Waals surface area contributed by atoms with E-state index in [-0.39, 0.29) is 11.7 Å². The van der Waals surface area contributed by atoms with Crippen molar-refractivity contribution in [2.75, 3.05) is 24.3 Å². The van der Waals surface area contributed by atoms with Gasteiger partial charge in [-0.15, -0.1) is 0 Å². The number of fused-ring (bicyclic) bond motifs is 1. The zero-order chi connectivity index (χ0) is 19.2. The molecule has 0 bridgehead atoms. The average Bonchev–Trinajstić information content (AvgIpc) is 3.04. The summed E-state index contributed by atoms with van der Waals surface area (Å²) in [5.41, 5.74) is 2.32. The van der Waals surface area contributed by atoms with E-state index in [2.05, 4.69) is 15.3 Å². The first-order chi connectivity index (χ1) is 13.1. The fraction of sp³-hybridized carbons (Fsp3) is 0.263. The number of ether oxygens (including phenoxy) is 2. The second-order valence-corrected chi connectivity index (χ2v) is 6.97. The topological polar surface area (TPSA) is 76.2 Å². The summed E-state index contributed by atoms with van der Waals surface area (Å²) in [6, 6.07) is 10.8. The number of aromatic nitrogens is 2. The molecule has 0 saturated heterocycles. The summed E-state index contributed by atoms with van der Waals surface area (Å²) in [5.74, 6) is 1.36. The fourth-order valence-corrected chi connectivity index (χ4v) is 3.34. The summed E-state index contributed by atoms with van der Waals surface area (Å²) in [6.45, 7) is 4.88. The van der Waals surface area contributed by atoms with Gasteiger partial charge < -0.3 is 19.8 Å². The Morgan fingerprint density at radius 2 is 1.93 bits per heavy atom. The van der Waals surface area contributed by atoms with Crippen LogP contribution in [0, 0.1) is 0 Å². The van der Waals surface area contributed by atoms with Gasteiger partial charge in [0.05, 0.1) is 30.0 Å². The number of imidazole rings is 1. The number of hydrogen-bond donors (Lipinski definition) is 2. The van der Waals surface area contributed by atoms with Crippen LogP contribution >= 0.6 is 23.4 Å². The number of thioether (sulfide) groups is 1. The second-order valence-electron chi connectivity index (χ2n) is 5.57. The number of H-pyrrole nitrogens is 1. The van der Waals surface area contributed by atoms with Crippen molar-refractivity contribution in [3.05, 3.63) is 41.4 Å². The Bertz CT molecular complexity index is 945. The summed E-state index contributed by atoms with van der Waals surface area (Å²) >= 11 is 7.30. The van der Waals surface area contributed by atoms with Crippen molar-refractivity contribution >= 4 is 46.0 Å². The molecular weight excluding hydrogens is 386 g/mol. The van der Waals surface area contributed by atoms with Crippen LogP contribution in [0.25, 0.3) is 11.0 Å². The molecule has 0 atom stereocenters. The molecule has 1 aromatic heterocycles. The van der Waals surface area contributed by atoms with Crippen molar-refractivity contribution in [2.24, 2.45) is 0 Å². The van der Waals surface area contributed by atoms with Crippen LogP contribution in [-0.4, -0.2) is 34.8 Å². The Kier molecular flexibility index (Phi) is 6.47. The number of nitrogens with zero attached hydrogens (tertiary/aromatic N) is 1. The first-order valence-corrected chi connectivity index (χ1v) is 9.93. The molecule has 0 aliphatic heterocycles. The van der Waals surface area contributed by atoms with Crippen LogP contribution in [0.3, 0.4) is 0 Å². The molecule has 3 aromatic rings. The molecule has 0 fully saturated rings. The standard InChI is InChI=1S/C19H20ClN3O3S/c1-3-25-16-8-6-13(10-17(16)26-4-2)21-18(24)11-27-19-22-14-7-5-12(20)9-15(14)23-19/h5-10H,3-4,11H2,1-2H3,(H,21,24)(H,22,23). The van der Waals surface area contributed by atoms with Gasteiger partial charge in [-0.2, -0.15) is 0 Å². The van der Waals surface area contributed by atoms with E-state index in [4.69, 9.17) is 21.1 Å². The van der Waals surface area contributed by atoms with Crippen molar-refractivity contribution < 1.29 is 14.3 Å². The van der Waals surface area contributed by atoms with Crippen LogP contribution in [0.1, 0.15) is 13.8 Å². The Labute approximate surface area is 166 Å². The van der Waals surface area contributed by atoms with E-state index in [0.717, 1.165) is 11.0 Å². The highest BCUT2D eigenvalue weighted by Gasteiger charge is 2.10. The molecule has 2 aromatic carbocycles. The van der Waals surface area contributed by atoms with Gasteiger partial charge in [0, 0.05) is 16.8 Å². The fourth-order valence-electron chi connectivity index (χ4n) is 2.49. The number of anilines is 1. The summed E-state index contributed by atoms with van der Waals surface area (Å²) < 4.78 is 11.1. The summed E-state index contributed by atoms with van der Waals surface area (Å²) in [4.78, 5) is 19.9. The number of benzene rings is 2. The van der Waals surface area contributed by atoms with E-state index in [9.17, 15) is 4.79 Å². The van der Waals surface area contributed by atoms with Gasteiger partial charge in [-0.05, 0) is 44.2 Å². The highest BCUT2D eigenvalue weighted by molar-refractivity contribution is 7.99. The number of aromatic amines is 1. The van der Waals surface area contributed by atoms with Crippen LogP contribution in [0.15, 0.2) is 41.6 Å². The number of rotatable bonds is 8.